The Hall–Kier alpha value is -3.17. The first-order chi connectivity index (χ1) is 12.7. The maximum atomic E-state index is 14.0. The lowest BCUT2D eigenvalue weighted by Gasteiger charge is -2.35. The third-order valence-corrected chi connectivity index (χ3v) is 3.44. The van der Waals surface area contributed by atoms with Crippen LogP contribution < -0.4 is 10.6 Å². The number of amides is 1. The van der Waals surface area contributed by atoms with Crippen LogP contribution in [-0.4, -0.2) is 40.3 Å². The number of esters is 1. The first kappa shape index (κ1) is 20.1. The van der Waals surface area contributed by atoms with Gasteiger partial charge in [-0.1, -0.05) is 6.07 Å². The maximum Gasteiger partial charge on any atom is 0.441 e. The summed E-state index contributed by atoms with van der Waals surface area (Å²) in [6.07, 6.45) is -2.80. The second-order valence-electron chi connectivity index (χ2n) is 5.45. The molecule has 2 aromatic rings. The van der Waals surface area contributed by atoms with Crippen molar-refractivity contribution in [1.82, 2.24) is 15.3 Å². The smallest absolute Gasteiger partial charge is 0.441 e. The third kappa shape index (κ3) is 4.52. The lowest BCUT2D eigenvalue weighted by atomic mass is 10.1. The molecule has 0 saturated heterocycles. The van der Waals surface area contributed by atoms with Gasteiger partial charge in [-0.3, -0.25) is 9.78 Å². The molecule has 0 unspecified atom stereocenters. The standard InChI is InChI=1S/C17H17F3N4O3/c1-3-27-15(26)16(17(18,19)20,23-13-8-4-6-11(2)22-13)24-14(25)12-7-5-9-21-10-12/h4-10H,3H2,1-2H3,(H,22,23)(H,24,25)/t16-/m1/s1. The second kappa shape index (κ2) is 8.02. The van der Waals surface area contributed by atoms with Crippen molar-refractivity contribution in [1.29, 1.82) is 0 Å². The van der Waals surface area contributed by atoms with E-state index in [1.54, 1.807) is 18.3 Å². The summed E-state index contributed by atoms with van der Waals surface area (Å²) in [6.45, 7) is 2.61. The zero-order chi connectivity index (χ0) is 20.1. The van der Waals surface area contributed by atoms with Crippen LogP contribution in [0.4, 0.5) is 19.0 Å². The first-order valence-corrected chi connectivity index (χ1v) is 7.88. The Balaban J connectivity index is 2.50. The van der Waals surface area contributed by atoms with Gasteiger partial charge in [0.25, 0.3) is 5.91 Å². The average molecular weight is 382 g/mol. The number of anilines is 1. The molecule has 2 rings (SSSR count). The summed E-state index contributed by atoms with van der Waals surface area (Å²) in [5.74, 6) is -3.13. The number of carbonyl (C=O) groups excluding carboxylic acids is 2. The molecule has 0 bridgehead atoms. The number of rotatable bonds is 6. The van der Waals surface area contributed by atoms with Gasteiger partial charge in [-0.05, 0) is 38.1 Å². The van der Waals surface area contributed by atoms with Crippen molar-refractivity contribution in [3.63, 3.8) is 0 Å². The molecule has 0 saturated carbocycles. The van der Waals surface area contributed by atoms with E-state index >= 15 is 0 Å². The number of carbonyl (C=O) groups is 2. The zero-order valence-corrected chi connectivity index (χ0v) is 14.5. The fourth-order valence-corrected chi connectivity index (χ4v) is 2.17. The Morgan fingerprint density at radius 3 is 2.48 bits per heavy atom. The van der Waals surface area contributed by atoms with E-state index in [9.17, 15) is 22.8 Å². The minimum atomic E-state index is -5.23. The van der Waals surface area contributed by atoms with Crippen LogP contribution in [0.25, 0.3) is 0 Å². The highest BCUT2D eigenvalue weighted by Crippen LogP contribution is 2.33. The average Bonchev–Trinajstić information content (AvgIpc) is 2.61. The summed E-state index contributed by atoms with van der Waals surface area (Å²) in [4.78, 5) is 32.3. The first-order valence-electron chi connectivity index (χ1n) is 7.88. The molecule has 2 heterocycles. The van der Waals surface area contributed by atoms with Gasteiger partial charge in [0, 0.05) is 18.1 Å². The largest absolute Gasteiger partial charge is 0.463 e. The molecule has 0 aromatic carbocycles. The highest BCUT2D eigenvalue weighted by Gasteiger charge is 2.64. The van der Waals surface area contributed by atoms with Gasteiger partial charge in [0.05, 0.1) is 12.2 Å². The van der Waals surface area contributed by atoms with Crippen molar-refractivity contribution in [3.05, 3.63) is 54.0 Å². The molecule has 0 aliphatic heterocycles. The number of aromatic nitrogens is 2. The summed E-state index contributed by atoms with van der Waals surface area (Å²) in [7, 11) is 0. The van der Waals surface area contributed by atoms with Gasteiger partial charge in [0.1, 0.15) is 5.82 Å². The van der Waals surface area contributed by atoms with E-state index in [0.29, 0.717) is 5.69 Å². The molecule has 10 heteroatoms. The third-order valence-electron chi connectivity index (χ3n) is 3.44. The molecule has 1 amide bonds. The van der Waals surface area contributed by atoms with Gasteiger partial charge < -0.3 is 15.4 Å². The van der Waals surface area contributed by atoms with Crippen LogP contribution in [0.3, 0.4) is 0 Å². The quantitative estimate of drug-likeness (QED) is 0.589. The van der Waals surface area contributed by atoms with Crippen molar-refractivity contribution in [2.75, 3.05) is 11.9 Å². The molecule has 2 N–H and O–H groups in total. The summed E-state index contributed by atoms with van der Waals surface area (Å²) < 4.78 is 46.6. The van der Waals surface area contributed by atoms with E-state index in [1.165, 1.54) is 37.4 Å². The van der Waals surface area contributed by atoms with Crippen molar-refractivity contribution >= 4 is 17.7 Å². The second-order valence-corrected chi connectivity index (χ2v) is 5.45. The summed E-state index contributed by atoms with van der Waals surface area (Å²) in [5.41, 5.74) is -3.27. The zero-order valence-electron chi connectivity index (χ0n) is 14.5. The molecule has 2 aromatic heterocycles. The predicted molar refractivity (Wildman–Crippen MR) is 89.7 cm³/mol. The van der Waals surface area contributed by atoms with Crippen LogP contribution in [0.2, 0.25) is 0 Å². The van der Waals surface area contributed by atoms with Gasteiger partial charge >= 0.3 is 17.8 Å². The molecule has 0 aliphatic rings. The molecular weight excluding hydrogens is 365 g/mol. The van der Waals surface area contributed by atoms with Crippen LogP contribution in [0.15, 0.2) is 42.7 Å². The molecule has 0 fully saturated rings. The number of pyridine rings is 2. The lowest BCUT2D eigenvalue weighted by molar-refractivity contribution is -0.204. The highest BCUT2D eigenvalue weighted by atomic mass is 19.4. The van der Waals surface area contributed by atoms with E-state index in [-0.39, 0.29) is 18.0 Å². The predicted octanol–water partition coefficient (Wildman–Crippen LogP) is 2.45. The molecule has 144 valence electrons. The Kier molecular flexibility index (Phi) is 5.98. The fraction of sp³-hybridized carbons (Fsp3) is 0.294. The van der Waals surface area contributed by atoms with Crippen LogP contribution in [0.1, 0.15) is 23.0 Å². The van der Waals surface area contributed by atoms with Crippen molar-refractivity contribution < 1.29 is 27.5 Å². The lowest BCUT2D eigenvalue weighted by Crippen LogP contribution is -2.69. The number of ether oxygens (including phenoxy) is 1. The topological polar surface area (TPSA) is 93.2 Å². The van der Waals surface area contributed by atoms with Crippen molar-refractivity contribution in [2.24, 2.45) is 0 Å². The van der Waals surface area contributed by atoms with Gasteiger partial charge in [0.2, 0.25) is 0 Å². The number of nitrogens with one attached hydrogen (secondary N) is 2. The van der Waals surface area contributed by atoms with Crippen LogP contribution >= 0.6 is 0 Å². The summed E-state index contributed by atoms with van der Waals surface area (Å²) in [6, 6.07) is 6.91. The number of hydrogen-bond acceptors (Lipinski definition) is 6. The van der Waals surface area contributed by atoms with E-state index in [4.69, 9.17) is 0 Å². The van der Waals surface area contributed by atoms with E-state index < -0.39 is 23.7 Å². The summed E-state index contributed by atoms with van der Waals surface area (Å²) >= 11 is 0. The van der Waals surface area contributed by atoms with Crippen LogP contribution in [0.5, 0.6) is 0 Å². The Morgan fingerprint density at radius 1 is 1.19 bits per heavy atom. The van der Waals surface area contributed by atoms with Crippen molar-refractivity contribution in [2.45, 2.75) is 25.7 Å². The molecular formula is C17H17F3N4O3. The Labute approximate surface area is 153 Å². The van der Waals surface area contributed by atoms with Crippen LogP contribution in [0, 0.1) is 6.92 Å². The SMILES string of the molecule is CCOC(=O)[C@](NC(=O)c1cccnc1)(Nc1cccc(C)n1)C(F)(F)F. The Morgan fingerprint density at radius 2 is 1.93 bits per heavy atom. The monoisotopic (exact) mass is 382 g/mol. The fourth-order valence-electron chi connectivity index (χ4n) is 2.17. The Bertz CT molecular complexity index is 815. The maximum absolute atomic E-state index is 14.0. The number of hydrogen-bond donors (Lipinski definition) is 2. The molecule has 0 spiro atoms. The van der Waals surface area contributed by atoms with Crippen LogP contribution in [-0.2, 0) is 9.53 Å². The minimum Gasteiger partial charge on any atom is -0.463 e. The molecule has 0 radical (unpaired) electrons. The molecule has 7 nitrogen and oxygen atoms in total. The van der Waals surface area contributed by atoms with E-state index in [0.717, 1.165) is 6.20 Å². The van der Waals surface area contributed by atoms with Gasteiger partial charge in [-0.15, -0.1) is 0 Å². The van der Waals surface area contributed by atoms with Gasteiger partial charge in [0.15, 0.2) is 0 Å². The number of alkyl halides is 3. The number of nitrogens with zero attached hydrogens (tertiary/aromatic N) is 2. The van der Waals surface area contributed by atoms with E-state index in [1.807, 2.05) is 5.32 Å². The number of halogens is 3. The number of aryl methyl sites for hydroxylation is 1. The molecule has 27 heavy (non-hydrogen) atoms. The van der Waals surface area contributed by atoms with Crippen molar-refractivity contribution in [3.8, 4) is 0 Å². The summed E-state index contributed by atoms with van der Waals surface area (Å²) in [5, 5.41) is 3.71. The highest BCUT2D eigenvalue weighted by molar-refractivity contribution is 5.99. The normalized spacial score (nSPS) is 13.4. The van der Waals surface area contributed by atoms with Gasteiger partial charge in [-0.25, -0.2) is 9.78 Å². The minimum absolute atomic E-state index is 0.158. The van der Waals surface area contributed by atoms with E-state index in [2.05, 4.69) is 14.7 Å². The molecule has 0 aliphatic carbocycles. The van der Waals surface area contributed by atoms with Gasteiger partial charge in [-0.2, -0.15) is 13.2 Å². The molecule has 1 atom stereocenters.